The van der Waals surface area contributed by atoms with Crippen LogP contribution in [-0.2, 0) is 0 Å². The molecular formula is H3AlLiMgSi. The van der Waals surface area contributed by atoms with E-state index in [1.165, 1.54) is 0 Å². The molecule has 0 unspecified atom stereocenters. The molecule has 0 atom stereocenters. The summed E-state index contributed by atoms with van der Waals surface area (Å²) in [6, 6.07) is 0. The maximum absolute atomic E-state index is 0. The molecule has 4 heavy (non-hydrogen) atoms. The monoisotopic (exact) mass is 89.0 g/mol. The average Bonchev–Trinajstić information content (AvgIpc) is 0. The van der Waals surface area contributed by atoms with Crippen LogP contribution in [0.15, 0.2) is 0 Å². The Bertz CT molecular complexity index is 8.00. The summed E-state index contributed by atoms with van der Waals surface area (Å²) in [6.45, 7) is 0. The van der Waals surface area contributed by atoms with Crippen molar-refractivity contribution in [3.8, 4) is 0 Å². The molecule has 13 valence electrons. The molecule has 0 aliphatic carbocycles. The largest absolute Gasteiger partial charge is 0.316 e. The first-order valence-electron chi connectivity index (χ1n) is 0. The number of hydrogen-bond donors (Lipinski definition) is 0. The van der Waals surface area contributed by atoms with Gasteiger partial charge in [0.1, 0.15) is 0 Å². The molecule has 0 amide bonds. The van der Waals surface area contributed by atoms with E-state index in [0.29, 0.717) is 0 Å². The van der Waals surface area contributed by atoms with Crippen molar-refractivity contribution in [3.63, 3.8) is 0 Å². The zero-order valence-corrected chi connectivity index (χ0v) is 3.23. The van der Waals surface area contributed by atoms with Crippen molar-refractivity contribution >= 4 is 70.2 Å². The summed E-state index contributed by atoms with van der Waals surface area (Å²) in [5.74, 6) is 0. The molecule has 0 nitrogen and oxygen atoms in total. The quantitative estimate of drug-likeness (QED) is 0.292. The summed E-state index contributed by atoms with van der Waals surface area (Å²) >= 11 is 0. The number of rotatable bonds is 0. The van der Waals surface area contributed by atoms with Gasteiger partial charge in [-0.05, 0) is 0 Å². The molecule has 0 aliphatic rings. The second-order valence-electron chi connectivity index (χ2n) is 0. The minimum atomic E-state index is 0. The third-order valence-corrected chi connectivity index (χ3v) is 0. The fourth-order valence-corrected chi connectivity index (χ4v) is 0. The Morgan fingerprint density at radius 1 is 1.00 bits per heavy atom. The Morgan fingerprint density at radius 2 is 1.00 bits per heavy atom. The Kier molecular flexibility index (Phi) is 173. The van der Waals surface area contributed by atoms with E-state index in [2.05, 4.69) is 0 Å². The van der Waals surface area contributed by atoms with Crippen molar-refractivity contribution in [3.05, 3.63) is 0 Å². The maximum Gasteiger partial charge on any atom is 0.316 e. The zero-order valence-electron chi connectivity index (χ0n) is 1.08. The van der Waals surface area contributed by atoms with Crippen LogP contribution >= 0.6 is 0 Å². The Balaban J connectivity index is 0. The van der Waals surface area contributed by atoms with Crippen LogP contribution in [0.25, 0.3) is 0 Å². The molecule has 0 heterocycles. The van der Waals surface area contributed by atoms with Crippen molar-refractivity contribution in [1.82, 2.24) is 0 Å². The fraction of sp³-hybridized carbons (Fsp3) is 0. The molecule has 0 saturated heterocycles. The molecule has 0 bridgehead atoms. The van der Waals surface area contributed by atoms with Gasteiger partial charge in [-0.2, -0.15) is 0 Å². The van der Waals surface area contributed by atoms with Crippen molar-refractivity contribution < 1.29 is 0 Å². The van der Waals surface area contributed by atoms with Gasteiger partial charge in [0.05, 0.1) is 0 Å². The smallest absolute Gasteiger partial charge is 0 e. The van der Waals surface area contributed by atoms with Crippen LogP contribution in [0.5, 0.6) is 0 Å². The number of hydrogen-bond acceptors (Lipinski definition) is 0. The van der Waals surface area contributed by atoms with Gasteiger partial charge in [0.2, 0.25) is 0 Å². The summed E-state index contributed by atoms with van der Waals surface area (Å²) in [5, 5.41) is 0. The van der Waals surface area contributed by atoms with E-state index in [9.17, 15) is 0 Å². The van der Waals surface area contributed by atoms with Gasteiger partial charge in [0, 0.05) is 28.3 Å². The van der Waals surface area contributed by atoms with Crippen LogP contribution in [-0.4, -0.2) is 70.2 Å². The first-order chi connectivity index (χ1) is 0. The molecule has 0 rings (SSSR count). The summed E-state index contributed by atoms with van der Waals surface area (Å²) < 4.78 is 0. The predicted octanol–water partition coefficient (Wildman–Crippen LogP) is -2.33. The van der Waals surface area contributed by atoms with Crippen LogP contribution in [0.1, 0.15) is 0 Å². The van der Waals surface area contributed by atoms with Crippen LogP contribution < -0.4 is 0 Å². The van der Waals surface area contributed by atoms with E-state index in [4.69, 9.17) is 0 Å². The summed E-state index contributed by atoms with van der Waals surface area (Å²) in [4.78, 5) is 0. The first-order valence-corrected chi connectivity index (χ1v) is 0. The van der Waals surface area contributed by atoms with Crippen molar-refractivity contribution in [2.75, 3.05) is 0 Å². The van der Waals surface area contributed by atoms with E-state index in [0.717, 1.165) is 0 Å². The van der Waals surface area contributed by atoms with E-state index in [1.54, 1.807) is 0 Å². The predicted molar refractivity (Wildman–Crippen MR) is 27.2 cm³/mol. The molecule has 0 fully saturated rings. The van der Waals surface area contributed by atoms with E-state index in [1.807, 2.05) is 0 Å². The second kappa shape index (κ2) is 19.4. The van der Waals surface area contributed by atoms with Crippen LogP contribution in [0.3, 0.4) is 0 Å². The molecule has 0 aromatic heterocycles. The Hall–Kier alpha value is 2.11. The van der Waals surface area contributed by atoms with E-state index >= 15 is 0 Å². The fourth-order valence-electron chi connectivity index (χ4n) is 0. The van der Waals surface area contributed by atoms with Crippen LogP contribution in [0.2, 0.25) is 0 Å². The minimum Gasteiger partial charge on any atom is 0 e. The van der Waals surface area contributed by atoms with Gasteiger partial charge in [-0.1, -0.05) is 0 Å². The van der Waals surface area contributed by atoms with Gasteiger partial charge < -0.3 is 0 Å². The molecule has 0 aliphatic heterocycles. The molecule has 0 aromatic rings. The van der Waals surface area contributed by atoms with Gasteiger partial charge in [0.15, 0.2) is 0 Å². The Morgan fingerprint density at radius 3 is 1.00 bits per heavy atom. The van der Waals surface area contributed by atoms with Crippen molar-refractivity contribution in [1.29, 1.82) is 0 Å². The summed E-state index contributed by atoms with van der Waals surface area (Å²) in [5.41, 5.74) is 0. The Labute approximate surface area is 69.6 Å². The topological polar surface area (TPSA) is 0 Å². The molecule has 0 aromatic carbocycles. The third kappa shape index (κ3) is 8.93. The van der Waals surface area contributed by atoms with Gasteiger partial charge >= 0.3 is 41.9 Å². The molecule has 4 heteroatoms. The maximum atomic E-state index is 0. The zero-order chi connectivity index (χ0) is 0. The van der Waals surface area contributed by atoms with Crippen LogP contribution in [0.4, 0.5) is 0 Å². The molecule has 7 radical (unpaired) electrons. The summed E-state index contributed by atoms with van der Waals surface area (Å²) in [6.07, 6.45) is 0. The first kappa shape index (κ1) is 35.8. The summed E-state index contributed by atoms with van der Waals surface area (Å²) in [7, 11) is 0. The second-order valence-corrected chi connectivity index (χ2v) is 0. The standard InChI is InChI=1S/Al.Li.Mg.Si.3H. The SMILES string of the molecule is [Al].[LiH].[MgH2].[Si]. The van der Waals surface area contributed by atoms with E-state index < -0.39 is 0 Å². The van der Waals surface area contributed by atoms with Gasteiger partial charge in [-0.25, -0.2) is 0 Å². The molecular weight excluding hydrogens is 86.3 g/mol. The average molecular weight is 89.3 g/mol. The molecule has 0 N–H and O–H groups in total. The van der Waals surface area contributed by atoms with Crippen molar-refractivity contribution in [2.45, 2.75) is 0 Å². The van der Waals surface area contributed by atoms with Crippen molar-refractivity contribution in [2.24, 2.45) is 0 Å². The normalized spacial score (nSPS) is 0. The van der Waals surface area contributed by atoms with Gasteiger partial charge in [-0.15, -0.1) is 0 Å². The van der Waals surface area contributed by atoms with E-state index in [-0.39, 0.29) is 70.2 Å². The molecule has 0 saturated carbocycles. The third-order valence-electron chi connectivity index (χ3n) is 0. The van der Waals surface area contributed by atoms with Crippen LogP contribution in [0, 0.1) is 0 Å². The minimum absolute atomic E-state index is 0. The van der Waals surface area contributed by atoms with Gasteiger partial charge in [0.25, 0.3) is 0 Å². The molecule has 0 spiro atoms. The van der Waals surface area contributed by atoms with Gasteiger partial charge in [-0.3, -0.25) is 0 Å².